The van der Waals surface area contributed by atoms with E-state index in [4.69, 9.17) is 0 Å². The SMILES string of the molecule is Cc1ccc([C@@H]2C=C3c4cccc5c4[C@@H](CN5)C[C@H]3N(C)C2)cc1. The largest absolute Gasteiger partial charge is 0.384 e. The lowest BCUT2D eigenvalue weighted by molar-refractivity contribution is 0.247. The van der Waals surface area contributed by atoms with Gasteiger partial charge in [-0.3, -0.25) is 4.90 Å². The summed E-state index contributed by atoms with van der Waals surface area (Å²) in [6.07, 6.45) is 3.81. The molecule has 2 heteroatoms. The summed E-state index contributed by atoms with van der Waals surface area (Å²) in [5.41, 5.74) is 8.73. The van der Waals surface area contributed by atoms with E-state index < -0.39 is 0 Å². The first-order valence-electron chi connectivity index (χ1n) is 9.06. The highest BCUT2D eigenvalue weighted by Crippen LogP contribution is 2.49. The Kier molecular flexibility index (Phi) is 3.11. The molecule has 0 amide bonds. The van der Waals surface area contributed by atoms with Gasteiger partial charge in [-0.25, -0.2) is 0 Å². The fourth-order valence-corrected chi connectivity index (χ4v) is 4.86. The van der Waals surface area contributed by atoms with Crippen molar-refractivity contribution in [2.45, 2.75) is 31.2 Å². The standard InChI is InChI=1S/C22H24N2/c1-14-6-8-15(9-7-14)17-10-19-18-4-3-5-20-22(18)16(12-23-20)11-21(19)24(2)13-17/h3-10,16-17,21,23H,11-13H2,1-2H3/t16-,17-,21-/m1/s1. The number of anilines is 1. The fraction of sp³-hybridized carbons (Fsp3) is 0.364. The number of rotatable bonds is 1. The summed E-state index contributed by atoms with van der Waals surface area (Å²) in [6, 6.07) is 16.4. The van der Waals surface area contributed by atoms with Crippen LogP contribution in [-0.2, 0) is 0 Å². The predicted octanol–water partition coefficient (Wildman–Crippen LogP) is 4.39. The molecule has 0 saturated carbocycles. The van der Waals surface area contributed by atoms with Crippen LogP contribution >= 0.6 is 0 Å². The number of hydrogen-bond acceptors (Lipinski definition) is 2. The van der Waals surface area contributed by atoms with Crippen LogP contribution < -0.4 is 5.32 Å². The molecule has 0 aromatic heterocycles. The third-order valence-electron chi connectivity index (χ3n) is 6.13. The van der Waals surface area contributed by atoms with E-state index in [2.05, 4.69) is 72.7 Å². The molecule has 0 unspecified atom stereocenters. The van der Waals surface area contributed by atoms with Gasteiger partial charge >= 0.3 is 0 Å². The first-order valence-corrected chi connectivity index (χ1v) is 9.06. The Morgan fingerprint density at radius 3 is 2.75 bits per heavy atom. The van der Waals surface area contributed by atoms with E-state index in [0.29, 0.717) is 17.9 Å². The second kappa shape index (κ2) is 5.22. The molecule has 3 atom stereocenters. The van der Waals surface area contributed by atoms with Crippen molar-refractivity contribution in [1.82, 2.24) is 4.90 Å². The maximum Gasteiger partial charge on any atom is 0.0382 e. The molecule has 1 aliphatic carbocycles. The fourth-order valence-electron chi connectivity index (χ4n) is 4.86. The first kappa shape index (κ1) is 14.3. The Balaban J connectivity index is 1.62. The van der Waals surface area contributed by atoms with Gasteiger partial charge in [-0.05, 0) is 48.7 Å². The topological polar surface area (TPSA) is 15.3 Å². The maximum absolute atomic E-state index is 3.61. The minimum absolute atomic E-state index is 0.489. The first-order chi connectivity index (χ1) is 11.7. The van der Waals surface area contributed by atoms with Gasteiger partial charge < -0.3 is 5.32 Å². The van der Waals surface area contributed by atoms with E-state index in [1.807, 2.05) is 0 Å². The predicted molar refractivity (Wildman–Crippen MR) is 101 cm³/mol. The number of nitrogens with one attached hydrogen (secondary N) is 1. The lowest BCUT2D eigenvalue weighted by Crippen LogP contribution is -2.42. The van der Waals surface area contributed by atoms with Crippen LogP contribution in [0, 0.1) is 6.92 Å². The smallest absolute Gasteiger partial charge is 0.0382 e. The molecular weight excluding hydrogens is 292 g/mol. The highest BCUT2D eigenvalue weighted by atomic mass is 15.1. The van der Waals surface area contributed by atoms with Gasteiger partial charge in [0.2, 0.25) is 0 Å². The van der Waals surface area contributed by atoms with Gasteiger partial charge in [0.1, 0.15) is 0 Å². The van der Waals surface area contributed by atoms with Crippen LogP contribution in [0.5, 0.6) is 0 Å². The zero-order chi connectivity index (χ0) is 16.3. The van der Waals surface area contributed by atoms with Crippen molar-refractivity contribution < 1.29 is 0 Å². The number of aryl methyl sites for hydroxylation is 1. The highest BCUT2D eigenvalue weighted by Gasteiger charge is 2.39. The number of benzene rings is 2. The van der Waals surface area contributed by atoms with Gasteiger partial charge in [0, 0.05) is 36.7 Å². The molecule has 24 heavy (non-hydrogen) atoms. The lowest BCUT2D eigenvalue weighted by Gasteiger charge is -2.42. The molecule has 2 aromatic rings. The number of fused-ring (bicyclic) bond motifs is 2. The van der Waals surface area contributed by atoms with E-state index in [1.165, 1.54) is 28.8 Å². The van der Waals surface area contributed by atoms with Gasteiger partial charge in [0.05, 0.1) is 0 Å². The van der Waals surface area contributed by atoms with Gasteiger partial charge in [-0.15, -0.1) is 0 Å². The summed E-state index contributed by atoms with van der Waals surface area (Å²) >= 11 is 0. The summed E-state index contributed by atoms with van der Waals surface area (Å²) in [5, 5.41) is 3.61. The molecule has 0 bridgehead atoms. The van der Waals surface area contributed by atoms with E-state index in [-0.39, 0.29) is 0 Å². The van der Waals surface area contributed by atoms with Crippen molar-refractivity contribution in [3.8, 4) is 0 Å². The maximum atomic E-state index is 3.61. The second-order valence-electron chi connectivity index (χ2n) is 7.67. The normalized spacial score (nSPS) is 27.9. The van der Waals surface area contributed by atoms with Gasteiger partial charge in [0.15, 0.2) is 0 Å². The monoisotopic (exact) mass is 316 g/mol. The molecule has 0 saturated heterocycles. The second-order valence-corrected chi connectivity index (χ2v) is 7.67. The molecule has 0 radical (unpaired) electrons. The zero-order valence-corrected chi connectivity index (χ0v) is 14.4. The summed E-state index contributed by atoms with van der Waals surface area (Å²) in [6.45, 7) is 4.38. The third kappa shape index (κ3) is 2.06. The minimum Gasteiger partial charge on any atom is -0.384 e. The van der Waals surface area contributed by atoms with Gasteiger partial charge in [-0.1, -0.05) is 48.0 Å². The highest BCUT2D eigenvalue weighted by molar-refractivity contribution is 5.81. The molecule has 2 aromatic carbocycles. The van der Waals surface area contributed by atoms with E-state index >= 15 is 0 Å². The van der Waals surface area contributed by atoms with Crippen LogP contribution in [0.2, 0.25) is 0 Å². The van der Waals surface area contributed by atoms with Crippen molar-refractivity contribution in [1.29, 1.82) is 0 Å². The van der Waals surface area contributed by atoms with E-state index in [1.54, 1.807) is 11.1 Å². The van der Waals surface area contributed by atoms with Crippen molar-refractivity contribution in [2.75, 3.05) is 25.5 Å². The quantitative estimate of drug-likeness (QED) is 0.839. The summed E-state index contributed by atoms with van der Waals surface area (Å²) < 4.78 is 0. The Hall–Kier alpha value is -2.06. The molecule has 0 fully saturated rings. The van der Waals surface area contributed by atoms with Crippen molar-refractivity contribution in [3.63, 3.8) is 0 Å². The molecular formula is C22H24N2. The number of hydrogen-bond donors (Lipinski definition) is 1. The van der Waals surface area contributed by atoms with Crippen LogP contribution in [0.1, 0.15) is 40.5 Å². The van der Waals surface area contributed by atoms with Crippen LogP contribution in [0.3, 0.4) is 0 Å². The van der Waals surface area contributed by atoms with Crippen molar-refractivity contribution >= 4 is 11.3 Å². The average Bonchev–Trinajstić information content (AvgIpc) is 3.01. The van der Waals surface area contributed by atoms with Gasteiger partial charge in [0.25, 0.3) is 0 Å². The van der Waals surface area contributed by atoms with E-state index in [9.17, 15) is 0 Å². The van der Waals surface area contributed by atoms with Crippen molar-refractivity contribution in [3.05, 3.63) is 70.8 Å². The summed E-state index contributed by atoms with van der Waals surface area (Å²) in [7, 11) is 2.30. The Morgan fingerprint density at radius 2 is 1.92 bits per heavy atom. The minimum atomic E-state index is 0.489. The van der Waals surface area contributed by atoms with Crippen LogP contribution in [0.15, 0.2) is 48.5 Å². The molecule has 2 aliphatic heterocycles. The Labute approximate surface area is 144 Å². The summed E-state index contributed by atoms with van der Waals surface area (Å²) in [5.74, 6) is 1.17. The molecule has 122 valence electrons. The molecule has 1 N–H and O–H groups in total. The van der Waals surface area contributed by atoms with Gasteiger partial charge in [-0.2, -0.15) is 0 Å². The van der Waals surface area contributed by atoms with E-state index in [0.717, 1.165) is 13.1 Å². The third-order valence-corrected chi connectivity index (χ3v) is 6.13. The molecule has 3 aliphatic rings. The van der Waals surface area contributed by atoms with Crippen molar-refractivity contribution in [2.24, 2.45) is 0 Å². The Bertz CT molecular complexity index is 818. The molecule has 5 rings (SSSR count). The van der Waals surface area contributed by atoms with Crippen LogP contribution in [0.4, 0.5) is 5.69 Å². The van der Waals surface area contributed by atoms with Crippen LogP contribution in [0.25, 0.3) is 5.57 Å². The molecule has 2 nitrogen and oxygen atoms in total. The zero-order valence-electron chi connectivity index (χ0n) is 14.4. The number of likely N-dealkylation sites (N-methyl/N-ethyl adjacent to an activating group) is 1. The Morgan fingerprint density at radius 1 is 1.08 bits per heavy atom. The molecule has 2 heterocycles. The van der Waals surface area contributed by atoms with Crippen LogP contribution in [-0.4, -0.2) is 31.1 Å². The molecule has 0 spiro atoms. The number of nitrogens with zero attached hydrogens (tertiary/aromatic N) is 1. The lowest BCUT2D eigenvalue weighted by atomic mass is 9.74. The summed E-state index contributed by atoms with van der Waals surface area (Å²) in [4.78, 5) is 2.58. The average molecular weight is 316 g/mol.